The minimum Gasteiger partial charge on any atom is -0.465 e. The van der Waals surface area contributed by atoms with Crippen LogP contribution in [0.3, 0.4) is 0 Å². The molecule has 0 aliphatic rings. The number of hydrogen-bond acceptors (Lipinski definition) is 4. The van der Waals surface area contributed by atoms with Crippen LogP contribution in [0, 0.1) is 0 Å². The van der Waals surface area contributed by atoms with E-state index in [1.54, 1.807) is 0 Å². The van der Waals surface area contributed by atoms with Gasteiger partial charge in [-0.05, 0) is 34.1 Å². The predicted octanol–water partition coefficient (Wildman–Crippen LogP) is 5.00. The Morgan fingerprint density at radius 1 is 0.929 bits per heavy atom. The lowest BCUT2D eigenvalue weighted by Gasteiger charge is -2.06. The molecule has 0 unspecified atom stereocenters. The molecule has 2 aromatic rings. The minimum absolute atomic E-state index is 0. The van der Waals surface area contributed by atoms with E-state index in [1.807, 2.05) is 24.3 Å². The summed E-state index contributed by atoms with van der Waals surface area (Å²) in [6, 6.07) is 16.4. The number of carbonyl (C=O) groups excluding carboxylic acids is 2. The van der Waals surface area contributed by atoms with Crippen LogP contribution in [-0.2, 0) is 22.7 Å². The molecule has 0 fully saturated rings. The monoisotopic (exact) mass is 392 g/mol. The molecule has 6 heteroatoms. The lowest BCUT2D eigenvalue weighted by Crippen LogP contribution is -2.19. The van der Waals surface area contributed by atoms with E-state index in [1.165, 1.54) is 16.7 Å². The lowest BCUT2D eigenvalue weighted by molar-refractivity contribution is -0.191. The summed E-state index contributed by atoms with van der Waals surface area (Å²) in [7, 11) is 0. The largest absolute Gasteiger partial charge is 0.465 e. The van der Waals surface area contributed by atoms with Gasteiger partial charge >= 0.3 is 12.2 Å². The van der Waals surface area contributed by atoms with Crippen LogP contribution in [0.25, 0.3) is 0 Å². The van der Waals surface area contributed by atoms with Crippen molar-refractivity contribution in [1.29, 1.82) is 0 Å². The van der Waals surface area contributed by atoms with E-state index in [2.05, 4.69) is 57.3 Å². The van der Waals surface area contributed by atoms with Gasteiger partial charge in [0.1, 0.15) is 0 Å². The molecule has 0 aliphatic heterocycles. The van der Waals surface area contributed by atoms with Gasteiger partial charge in [0.15, 0.2) is 0 Å². The van der Waals surface area contributed by atoms with Crippen molar-refractivity contribution in [1.82, 2.24) is 5.32 Å². The van der Waals surface area contributed by atoms with Crippen LogP contribution in [0.4, 0.5) is 4.79 Å². The van der Waals surface area contributed by atoms with Gasteiger partial charge in [0.2, 0.25) is 0 Å². The molecule has 0 aliphatic carbocycles. The third-order valence-electron chi connectivity index (χ3n) is 3.97. The van der Waals surface area contributed by atoms with E-state index in [9.17, 15) is 4.79 Å². The molecule has 28 heavy (non-hydrogen) atoms. The van der Waals surface area contributed by atoms with Crippen LogP contribution in [0.1, 0.15) is 66.1 Å². The highest BCUT2D eigenvalue weighted by molar-refractivity contribution is 5.64. The maximum atomic E-state index is 10.2. The van der Waals surface area contributed by atoms with Gasteiger partial charge in [0.05, 0.1) is 0 Å². The topological polar surface area (TPSA) is 109 Å². The van der Waals surface area contributed by atoms with Crippen LogP contribution in [0.2, 0.25) is 0 Å². The van der Waals surface area contributed by atoms with Crippen LogP contribution >= 0.6 is 0 Å². The van der Waals surface area contributed by atoms with E-state index in [0.29, 0.717) is 24.9 Å². The Kier molecular flexibility index (Phi) is 12.7. The van der Waals surface area contributed by atoms with Gasteiger partial charge in [0, 0.05) is 17.4 Å². The second-order valence-electron chi connectivity index (χ2n) is 6.74. The van der Waals surface area contributed by atoms with Gasteiger partial charge in [-0.25, -0.2) is 4.79 Å². The summed E-state index contributed by atoms with van der Waals surface area (Å²) in [5.74, 6) is 1.12. The fraction of sp³-hybridized carbons (Fsp3) is 0.364. The van der Waals surface area contributed by atoms with Gasteiger partial charge in [-0.2, -0.15) is 9.59 Å². The number of amides is 1. The molecule has 0 aromatic heterocycles. The predicted molar refractivity (Wildman–Crippen MR) is 115 cm³/mol. The van der Waals surface area contributed by atoms with E-state index in [0.717, 1.165) is 5.56 Å². The number of nitrogens with one attached hydrogen (secondary N) is 1. The normalized spacial score (nSPS) is 9.54. The van der Waals surface area contributed by atoms with Crippen molar-refractivity contribution in [3.05, 3.63) is 70.8 Å². The van der Waals surface area contributed by atoms with Crippen molar-refractivity contribution in [2.24, 2.45) is 5.73 Å². The maximum Gasteiger partial charge on any atom is 0.404 e. The van der Waals surface area contributed by atoms with E-state index in [-0.39, 0.29) is 10.4 Å². The summed E-state index contributed by atoms with van der Waals surface area (Å²) in [5.41, 5.74) is 10.3. The molecule has 4 N–H and O–H groups in total. The maximum absolute atomic E-state index is 10.2. The Morgan fingerprint density at radius 3 is 1.57 bits per heavy atom. The Balaban J connectivity index is -0.000000195. The molecule has 0 saturated carbocycles. The number of hydrogen-bond donors (Lipinski definition) is 3. The fourth-order valence-corrected chi connectivity index (χ4v) is 2.24. The summed E-state index contributed by atoms with van der Waals surface area (Å²) in [5, 5.41) is 10.7. The SMILES string of the molecule is CC(C)c1ccc(CN)cc1.CC(C)c1ccc(CNC(=O)O)cc1.O=C=O.[HH].[HH].[HH]. The Hall–Kier alpha value is -2.95. The quantitative estimate of drug-likeness (QED) is 0.663. The number of benzene rings is 2. The number of carbonyl (C=O) groups is 1. The zero-order valence-corrected chi connectivity index (χ0v) is 16.9. The van der Waals surface area contributed by atoms with Crippen molar-refractivity contribution in [2.45, 2.75) is 52.6 Å². The van der Waals surface area contributed by atoms with Gasteiger partial charge in [0.25, 0.3) is 0 Å². The molecular weight excluding hydrogens is 356 g/mol. The molecule has 0 atom stereocenters. The molecule has 1 amide bonds. The first-order valence-corrected chi connectivity index (χ1v) is 9.08. The molecule has 0 bridgehead atoms. The Labute approximate surface area is 171 Å². The third-order valence-corrected chi connectivity index (χ3v) is 3.97. The van der Waals surface area contributed by atoms with Gasteiger partial charge in [-0.1, -0.05) is 76.2 Å². The van der Waals surface area contributed by atoms with Gasteiger partial charge < -0.3 is 16.2 Å². The molecule has 6 nitrogen and oxygen atoms in total. The second kappa shape index (κ2) is 14.2. The van der Waals surface area contributed by atoms with Gasteiger partial charge in [-0.15, -0.1) is 0 Å². The highest BCUT2D eigenvalue weighted by Gasteiger charge is 2.00. The van der Waals surface area contributed by atoms with Crippen molar-refractivity contribution in [3.8, 4) is 0 Å². The highest BCUT2D eigenvalue weighted by atomic mass is 16.4. The number of rotatable bonds is 5. The van der Waals surface area contributed by atoms with Crippen molar-refractivity contribution >= 4 is 12.2 Å². The average Bonchev–Trinajstić information content (AvgIpc) is 2.68. The first-order valence-electron chi connectivity index (χ1n) is 9.08. The van der Waals surface area contributed by atoms with E-state index >= 15 is 0 Å². The molecule has 0 heterocycles. The van der Waals surface area contributed by atoms with Crippen molar-refractivity contribution in [2.75, 3.05) is 0 Å². The minimum atomic E-state index is -0.988. The van der Waals surface area contributed by atoms with Gasteiger partial charge in [-0.3, -0.25) is 0 Å². The van der Waals surface area contributed by atoms with E-state index in [4.69, 9.17) is 20.4 Å². The first kappa shape index (κ1) is 25.1. The molecule has 2 rings (SSSR count). The summed E-state index contributed by atoms with van der Waals surface area (Å²) >= 11 is 0. The summed E-state index contributed by atoms with van der Waals surface area (Å²) in [4.78, 5) is 26.5. The van der Waals surface area contributed by atoms with Crippen molar-refractivity contribution in [3.63, 3.8) is 0 Å². The fourth-order valence-electron chi connectivity index (χ4n) is 2.24. The van der Waals surface area contributed by atoms with Crippen LogP contribution < -0.4 is 11.1 Å². The molecule has 0 spiro atoms. The summed E-state index contributed by atoms with van der Waals surface area (Å²) in [6.45, 7) is 9.65. The summed E-state index contributed by atoms with van der Waals surface area (Å²) < 4.78 is 0. The molecule has 2 aromatic carbocycles. The zero-order chi connectivity index (χ0) is 21.5. The molecular formula is C22H36N2O4. The van der Waals surface area contributed by atoms with Crippen molar-refractivity contribution < 1.29 is 23.8 Å². The highest BCUT2D eigenvalue weighted by Crippen LogP contribution is 2.15. The zero-order valence-electron chi connectivity index (χ0n) is 16.9. The third kappa shape index (κ3) is 10.9. The standard InChI is InChI=1S/C11H15NO2.C10H15N.CO2.3H2/c1-8(2)10-5-3-9(4-6-10)7-12-11(13)14;1-8(2)10-5-3-9(7-11)4-6-10;2-1-3;;;/h3-6,8,12H,7H2,1-2H3,(H,13,14);3-6,8H,7,11H2,1-2H3;;3*1H. The van der Waals surface area contributed by atoms with Crippen LogP contribution in [-0.4, -0.2) is 17.4 Å². The van der Waals surface area contributed by atoms with Crippen LogP contribution in [0.15, 0.2) is 48.5 Å². The first-order chi connectivity index (χ1) is 13.2. The number of nitrogens with two attached hydrogens (primary N) is 1. The molecule has 158 valence electrons. The molecule has 0 radical (unpaired) electrons. The summed E-state index contributed by atoms with van der Waals surface area (Å²) in [6.07, 6.45) is -0.738. The second-order valence-corrected chi connectivity index (χ2v) is 6.74. The number of carboxylic acid groups (broad SMARTS) is 1. The Bertz CT molecular complexity index is 731. The van der Waals surface area contributed by atoms with Crippen LogP contribution in [0.5, 0.6) is 0 Å². The smallest absolute Gasteiger partial charge is 0.404 e. The Morgan fingerprint density at radius 2 is 1.29 bits per heavy atom. The average molecular weight is 393 g/mol. The lowest BCUT2D eigenvalue weighted by atomic mass is 10.0. The van der Waals surface area contributed by atoms with E-state index < -0.39 is 6.09 Å². The molecule has 0 saturated heterocycles.